The Labute approximate surface area is 113 Å². The van der Waals surface area contributed by atoms with E-state index >= 15 is 0 Å². The van der Waals surface area contributed by atoms with Crippen LogP contribution in [0, 0.1) is 5.92 Å². The summed E-state index contributed by atoms with van der Waals surface area (Å²) in [5, 5.41) is 11.3. The van der Waals surface area contributed by atoms with Crippen LogP contribution in [0.25, 0.3) is 0 Å². The molecule has 0 aromatic heterocycles. The molecule has 0 unspecified atom stereocenters. The van der Waals surface area contributed by atoms with Crippen molar-refractivity contribution in [3.8, 4) is 0 Å². The average Bonchev–Trinajstić information content (AvgIpc) is 2.22. The second-order valence-corrected chi connectivity index (χ2v) is 8.00. The highest BCUT2D eigenvalue weighted by atomic mass is 28.3. The molecule has 0 rings (SSSR count). The quantitative estimate of drug-likeness (QED) is 0.519. The molecule has 18 heavy (non-hydrogen) atoms. The van der Waals surface area contributed by atoms with Gasteiger partial charge < -0.3 is 9.63 Å². The number of likely N-dealkylation sites (N-methyl/N-ethyl adjacent to an activating group) is 1. The lowest BCUT2D eigenvalue weighted by Crippen LogP contribution is -2.54. The molecule has 0 saturated heterocycles. The lowest BCUT2D eigenvalue weighted by atomic mass is 9.84. The molecule has 0 bridgehead atoms. The first-order valence-electron chi connectivity index (χ1n) is 6.90. The zero-order valence-electron chi connectivity index (χ0n) is 12.7. The maximum Gasteiger partial charge on any atom is 0.326 e. The minimum Gasteiger partial charge on any atom is -0.480 e. The van der Waals surface area contributed by atoms with E-state index in [1.807, 2.05) is 0 Å². The Hall–Kier alpha value is -0.393. The average molecular weight is 275 g/mol. The molecule has 108 valence electrons. The molecular formula is C13H29NO3Si. The van der Waals surface area contributed by atoms with Gasteiger partial charge in [0.15, 0.2) is 9.04 Å². The Morgan fingerprint density at radius 1 is 1.44 bits per heavy atom. The van der Waals surface area contributed by atoms with E-state index in [9.17, 15) is 9.90 Å². The predicted molar refractivity (Wildman–Crippen MR) is 77.1 cm³/mol. The van der Waals surface area contributed by atoms with Gasteiger partial charge in [-0.2, -0.15) is 5.06 Å². The first kappa shape index (κ1) is 17.6. The number of carbonyl (C=O) groups is 1. The molecule has 0 radical (unpaired) electrons. The zero-order valence-corrected chi connectivity index (χ0v) is 13.8. The highest BCUT2D eigenvalue weighted by Crippen LogP contribution is 2.30. The van der Waals surface area contributed by atoms with E-state index in [-0.39, 0.29) is 0 Å². The molecule has 0 aliphatic carbocycles. The molecule has 0 aliphatic heterocycles. The summed E-state index contributed by atoms with van der Waals surface area (Å²) in [5.41, 5.74) is -0.874. The number of nitrogens with zero attached hydrogens (tertiary/aromatic N) is 1. The molecule has 0 fully saturated rings. The molecule has 4 nitrogen and oxygen atoms in total. The number of aliphatic carboxylic acids is 1. The fourth-order valence-electron chi connectivity index (χ4n) is 2.28. The smallest absolute Gasteiger partial charge is 0.326 e. The first-order chi connectivity index (χ1) is 8.26. The summed E-state index contributed by atoms with van der Waals surface area (Å²) in [6.07, 6.45) is 3.18. The van der Waals surface area contributed by atoms with Crippen molar-refractivity contribution in [1.82, 2.24) is 5.06 Å². The van der Waals surface area contributed by atoms with E-state index in [0.29, 0.717) is 18.8 Å². The van der Waals surface area contributed by atoms with Gasteiger partial charge >= 0.3 is 5.97 Å². The van der Waals surface area contributed by atoms with Crippen LogP contribution in [-0.4, -0.2) is 37.8 Å². The topological polar surface area (TPSA) is 49.8 Å². The minimum atomic E-state index is -1.29. The summed E-state index contributed by atoms with van der Waals surface area (Å²) in [4.78, 5) is 11.8. The van der Waals surface area contributed by atoms with Gasteiger partial charge in [0.25, 0.3) is 0 Å². The summed E-state index contributed by atoms with van der Waals surface area (Å²) in [7, 11) is 0.491. The number of hydrogen-bond donors (Lipinski definition) is 1. The van der Waals surface area contributed by atoms with E-state index in [2.05, 4.69) is 33.9 Å². The number of rotatable bonds is 9. The fourth-order valence-corrected chi connectivity index (χ4v) is 3.11. The van der Waals surface area contributed by atoms with Crippen LogP contribution in [0.4, 0.5) is 0 Å². The number of carboxylic acid groups (broad SMARTS) is 1. The van der Waals surface area contributed by atoms with Crippen molar-refractivity contribution < 1.29 is 14.4 Å². The summed E-state index contributed by atoms with van der Waals surface area (Å²) < 4.78 is 5.77. The van der Waals surface area contributed by atoms with E-state index in [1.54, 1.807) is 12.1 Å². The van der Waals surface area contributed by atoms with Crippen molar-refractivity contribution in [1.29, 1.82) is 0 Å². The van der Waals surface area contributed by atoms with Crippen LogP contribution in [0.5, 0.6) is 0 Å². The Kier molecular flexibility index (Phi) is 7.74. The normalized spacial score (nSPS) is 15.4. The Morgan fingerprint density at radius 2 is 2.00 bits per heavy atom. The Balaban J connectivity index is 5.10. The fraction of sp³-hybridized carbons (Fsp3) is 0.923. The lowest BCUT2D eigenvalue weighted by Gasteiger charge is -2.39. The van der Waals surface area contributed by atoms with Crippen LogP contribution in [0.1, 0.15) is 46.5 Å². The molecule has 0 amide bonds. The van der Waals surface area contributed by atoms with E-state index < -0.39 is 20.5 Å². The second kappa shape index (κ2) is 7.91. The number of unbranched alkanes of at least 4 members (excludes halogenated alkanes) is 1. The van der Waals surface area contributed by atoms with Gasteiger partial charge in [-0.05, 0) is 31.9 Å². The third-order valence-electron chi connectivity index (χ3n) is 3.06. The Bertz CT molecular complexity index is 259. The molecule has 0 aromatic carbocycles. The molecule has 0 spiro atoms. The second-order valence-electron chi connectivity index (χ2n) is 5.69. The van der Waals surface area contributed by atoms with Crippen LogP contribution in [0.3, 0.4) is 0 Å². The van der Waals surface area contributed by atoms with Gasteiger partial charge in [0.05, 0.1) is 0 Å². The van der Waals surface area contributed by atoms with Gasteiger partial charge in [-0.15, -0.1) is 0 Å². The standard InChI is InChI=1S/C13H29NO3Si/c1-7-8-9-13(12(15)16,10-11(2)3)14(4)17-18(5)6/h11,18H,7-10H2,1-6H3,(H,15,16)/t13-/m0/s1. The minimum absolute atomic E-state index is 0.331. The Morgan fingerprint density at radius 3 is 2.33 bits per heavy atom. The van der Waals surface area contributed by atoms with E-state index in [0.717, 1.165) is 12.8 Å². The predicted octanol–water partition coefficient (Wildman–Crippen LogP) is 2.89. The van der Waals surface area contributed by atoms with Crippen LogP contribution in [-0.2, 0) is 9.32 Å². The number of hydroxylamine groups is 2. The van der Waals surface area contributed by atoms with Crippen molar-refractivity contribution >= 4 is 15.0 Å². The highest BCUT2D eigenvalue weighted by Gasteiger charge is 2.43. The van der Waals surface area contributed by atoms with Gasteiger partial charge in [0.2, 0.25) is 0 Å². The van der Waals surface area contributed by atoms with Crippen molar-refractivity contribution in [2.75, 3.05) is 7.05 Å². The maximum atomic E-state index is 11.8. The van der Waals surface area contributed by atoms with E-state index in [1.165, 1.54) is 0 Å². The summed E-state index contributed by atoms with van der Waals surface area (Å²) in [6, 6.07) is 0. The van der Waals surface area contributed by atoms with Crippen molar-refractivity contribution in [2.45, 2.75) is 65.1 Å². The molecule has 0 aliphatic rings. The zero-order chi connectivity index (χ0) is 14.3. The van der Waals surface area contributed by atoms with Gasteiger partial charge in [-0.1, -0.05) is 33.6 Å². The van der Waals surface area contributed by atoms with Gasteiger partial charge in [0.1, 0.15) is 5.54 Å². The first-order valence-corrected chi connectivity index (χ1v) is 9.68. The SMILES string of the molecule is CCCC[C@](CC(C)C)(C(=O)O)N(C)O[SiH](C)C. The highest BCUT2D eigenvalue weighted by molar-refractivity contribution is 6.48. The van der Waals surface area contributed by atoms with Gasteiger partial charge in [0, 0.05) is 7.05 Å². The summed E-state index contributed by atoms with van der Waals surface area (Å²) in [5.74, 6) is -0.431. The van der Waals surface area contributed by atoms with Crippen LogP contribution < -0.4 is 0 Å². The third kappa shape index (κ3) is 5.08. The van der Waals surface area contributed by atoms with Crippen molar-refractivity contribution in [3.05, 3.63) is 0 Å². The molecule has 1 atom stereocenters. The maximum absolute atomic E-state index is 11.8. The molecule has 0 saturated carbocycles. The molecule has 0 aromatic rings. The van der Waals surface area contributed by atoms with E-state index in [4.69, 9.17) is 4.53 Å². The van der Waals surface area contributed by atoms with Crippen molar-refractivity contribution in [3.63, 3.8) is 0 Å². The van der Waals surface area contributed by atoms with Crippen LogP contribution in [0.15, 0.2) is 0 Å². The summed E-state index contributed by atoms with van der Waals surface area (Å²) >= 11 is 0. The monoisotopic (exact) mass is 275 g/mol. The number of hydrogen-bond acceptors (Lipinski definition) is 3. The number of carboxylic acids is 1. The van der Waals surface area contributed by atoms with Gasteiger partial charge in [-0.25, -0.2) is 0 Å². The largest absolute Gasteiger partial charge is 0.480 e. The summed E-state index contributed by atoms with van der Waals surface area (Å²) in [6.45, 7) is 10.3. The van der Waals surface area contributed by atoms with Crippen LogP contribution in [0.2, 0.25) is 13.1 Å². The van der Waals surface area contributed by atoms with Crippen molar-refractivity contribution in [2.24, 2.45) is 5.92 Å². The molecule has 1 N–H and O–H groups in total. The molecular weight excluding hydrogens is 246 g/mol. The third-order valence-corrected chi connectivity index (χ3v) is 3.80. The van der Waals surface area contributed by atoms with Gasteiger partial charge in [-0.3, -0.25) is 4.79 Å². The molecule has 0 heterocycles. The lowest BCUT2D eigenvalue weighted by molar-refractivity contribution is -0.183. The van der Waals surface area contributed by atoms with Crippen LogP contribution >= 0.6 is 0 Å². The molecule has 5 heteroatoms.